The first kappa shape index (κ1) is 15.7. The zero-order valence-corrected chi connectivity index (χ0v) is 14.0. The molecular weight excluding hydrogens is 310 g/mol. The molecule has 120 valence electrons. The molecule has 0 saturated carbocycles. The molecule has 1 unspecified atom stereocenters. The Kier molecular flexibility index (Phi) is 3.98. The summed E-state index contributed by atoms with van der Waals surface area (Å²) in [6.45, 7) is 2.80. The zero-order chi connectivity index (χ0) is 16.6. The summed E-state index contributed by atoms with van der Waals surface area (Å²) in [5.74, 6) is 0.257. The summed E-state index contributed by atoms with van der Waals surface area (Å²) in [6.07, 6.45) is 2.04. The fourth-order valence-corrected chi connectivity index (χ4v) is 3.64. The maximum atomic E-state index is 12.9. The predicted molar refractivity (Wildman–Crippen MR) is 90.7 cm³/mol. The van der Waals surface area contributed by atoms with Gasteiger partial charge in [-0.15, -0.1) is 0 Å². The second-order valence-electron chi connectivity index (χ2n) is 6.01. The van der Waals surface area contributed by atoms with Crippen LogP contribution in [0, 0.1) is 0 Å². The molecule has 0 aromatic heterocycles. The van der Waals surface area contributed by atoms with Gasteiger partial charge in [0.2, 0.25) is 0 Å². The third-order valence-electron chi connectivity index (χ3n) is 4.30. The number of hydrogen-bond acceptors (Lipinski definition) is 3. The number of nitrogens with zero attached hydrogens (tertiary/aromatic N) is 1. The minimum absolute atomic E-state index is 0.158. The van der Waals surface area contributed by atoms with Gasteiger partial charge in [-0.2, -0.15) is 0 Å². The third-order valence-corrected chi connectivity index (χ3v) is 5.41. The van der Waals surface area contributed by atoms with Crippen LogP contribution in [0.15, 0.2) is 53.4 Å². The molecule has 0 spiro atoms. The normalized spacial score (nSPS) is 17.7. The number of amides is 1. The summed E-state index contributed by atoms with van der Waals surface area (Å²) >= 11 is 0. The highest BCUT2D eigenvalue weighted by Crippen LogP contribution is 2.35. The summed E-state index contributed by atoms with van der Waals surface area (Å²) in [7, 11) is -3.33. The van der Waals surface area contributed by atoms with E-state index in [0.717, 1.165) is 23.9 Å². The van der Waals surface area contributed by atoms with Gasteiger partial charge in [0.15, 0.2) is 9.84 Å². The van der Waals surface area contributed by atoms with Crippen molar-refractivity contribution in [2.75, 3.05) is 17.7 Å². The molecule has 3 rings (SSSR count). The number of fused-ring (bicyclic) bond motifs is 1. The van der Waals surface area contributed by atoms with Gasteiger partial charge in [0.1, 0.15) is 0 Å². The lowest BCUT2D eigenvalue weighted by atomic mass is 9.91. The second-order valence-corrected chi connectivity index (χ2v) is 8.02. The molecule has 1 amide bonds. The van der Waals surface area contributed by atoms with Crippen molar-refractivity contribution in [2.45, 2.75) is 24.2 Å². The smallest absolute Gasteiger partial charge is 0.258 e. The van der Waals surface area contributed by atoms with Crippen LogP contribution in [0.5, 0.6) is 0 Å². The molecule has 2 aromatic rings. The van der Waals surface area contributed by atoms with Gasteiger partial charge >= 0.3 is 0 Å². The number of anilines is 1. The van der Waals surface area contributed by atoms with E-state index < -0.39 is 9.84 Å². The molecule has 1 atom stereocenters. The van der Waals surface area contributed by atoms with E-state index in [9.17, 15) is 13.2 Å². The molecule has 5 heteroatoms. The minimum atomic E-state index is -3.33. The minimum Gasteiger partial charge on any atom is -0.308 e. The Morgan fingerprint density at radius 3 is 2.61 bits per heavy atom. The van der Waals surface area contributed by atoms with Crippen LogP contribution in [0.4, 0.5) is 5.69 Å². The Bertz CT molecular complexity index is 858. The van der Waals surface area contributed by atoms with Gasteiger partial charge in [0.05, 0.1) is 4.90 Å². The number of benzene rings is 2. The van der Waals surface area contributed by atoms with Crippen LogP contribution >= 0.6 is 0 Å². The van der Waals surface area contributed by atoms with Crippen LogP contribution in [0.3, 0.4) is 0 Å². The lowest BCUT2D eigenvalue weighted by molar-refractivity contribution is 0.0984. The van der Waals surface area contributed by atoms with Gasteiger partial charge in [-0.3, -0.25) is 4.79 Å². The van der Waals surface area contributed by atoms with Gasteiger partial charge in [-0.05, 0) is 42.2 Å². The molecular formula is C18H19NO3S. The number of carbonyl (C=O) groups is 1. The molecule has 0 fully saturated rings. The van der Waals surface area contributed by atoms with Crippen molar-refractivity contribution >= 4 is 21.4 Å². The SMILES string of the molecule is CC1CCN(C(=O)c2cccc(S(C)(=O)=O)c2)c2ccccc21. The average molecular weight is 329 g/mol. The highest BCUT2D eigenvalue weighted by molar-refractivity contribution is 7.90. The molecule has 0 bridgehead atoms. The van der Waals surface area contributed by atoms with E-state index in [0.29, 0.717) is 18.0 Å². The standard InChI is InChI=1S/C18H19NO3S/c1-13-10-11-19(17-9-4-3-8-16(13)17)18(20)14-6-5-7-15(12-14)23(2,21)22/h3-9,12-13H,10-11H2,1-2H3. The first-order chi connectivity index (χ1) is 10.9. The van der Waals surface area contributed by atoms with Gasteiger partial charge in [-0.25, -0.2) is 8.42 Å². The van der Waals surface area contributed by atoms with Crippen LogP contribution in [-0.2, 0) is 9.84 Å². The summed E-state index contributed by atoms with van der Waals surface area (Å²) < 4.78 is 23.4. The van der Waals surface area contributed by atoms with Gasteiger partial charge in [0.25, 0.3) is 5.91 Å². The summed E-state index contributed by atoms with van der Waals surface area (Å²) in [6, 6.07) is 14.1. The summed E-state index contributed by atoms with van der Waals surface area (Å²) in [5.41, 5.74) is 2.48. The topological polar surface area (TPSA) is 54.5 Å². The molecule has 4 nitrogen and oxygen atoms in total. The summed E-state index contributed by atoms with van der Waals surface area (Å²) in [5, 5.41) is 0. The molecule has 1 aliphatic rings. The number of carbonyl (C=O) groups excluding carboxylic acids is 1. The number of sulfone groups is 1. The fraction of sp³-hybridized carbons (Fsp3) is 0.278. The molecule has 23 heavy (non-hydrogen) atoms. The van der Waals surface area contributed by atoms with Crippen LogP contribution < -0.4 is 4.90 Å². The van der Waals surface area contributed by atoms with Crippen molar-refractivity contribution in [3.05, 3.63) is 59.7 Å². The van der Waals surface area contributed by atoms with Crippen molar-refractivity contribution in [2.24, 2.45) is 0 Å². The van der Waals surface area contributed by atoms with E-state index in [1.54, 1.807) is 17.0 Å². The van der Waals surface area contributed by atoms with E-state index in [4.69, 9.17) is 0 Å². The Labute approximate surface area is 136 Å². The highest BCUT2D eigenvalue weighted by atomic mass is 32.2. The molecule has 0 radical (unpaired) electrons. The maximum Gasteiger partial charge on any atom is 0.258 e. The van der Waals surface area contributed by atoms with Crippen molar-refractivity contribution in [3.63, 3.8) is 0 Å². The van der Waals surface area contributed by atoms with Gasteiger partial charge in [-0.1, -0.05) is 31.2 Å². The van der Waals surface area contributed by atoms with Crippen LogP contribution in [0.2, 0.25) is 0 Å². The Morgan fingerprint density at radius 2 is 1.87 bits per heavy atom. The van der Waals surface area contributed by atoms with Gasteiger partial charge < -0.3 is 4.90 Å². The predicted octanol–water partition coefficient (Wildman–Crippen LogP) is 3.24. The summed E-state index contributed by atoms with van der Waals surface area (Å²) in [4.78, 5) is 14.8. The highest BCUT2D eigenvalue weighted by Gasteiger charge is 2.27. The number of hydrogen-bond donors (Lipinski definition) is 0. The van der Waals surface area contributed by atoms with Crippen molar-refractivity contribution in [3.8, 4) is 0 Å². The van der Waals surface area contributed by atoms with Gasteiger partial charge in [0, 0.05) is 24.1 Å². The van der Waals surface area contributed by atoms with E-state index in [1.807, 2.05) is 24.3 Å². The van der Waals surface area contributed by atoms with Crippen molar-refractivity contribution in [1.82, 2.24) is 0 Å². The van der Waals surface area contributed by atoms with E-state index in [1.165, 1.54) is 12.1 Å². The lowest BCUT2D eigenvalue weighted by Crippen LogP contribution is -2.36. The first-order valence-electron chi connectivity index (χ1n) is 7.59. The quantitative estimate of drug-likeness (QED) is 0.850. The molecule has 2 aromatic carbocycles. The fourth-order valence-electron chi connectivity index (χ4n) is 2.98. The zero-order valence-electron chi connectivity index (χ0n) is 13.2. The van der Waals surface area contributed by atoms with E-state index >= 15 is 0 Å². The number of rotatable bonds is 2. The second kappa shape index (κ2) is 5.81. The van der Waals surface area contributed by atoms with E-state index in [2.05, 4.69) is 6.92 Å². The first-order valence-corrected chi connectivity index (χ1v) is 9.48. The third kappa shape index (κ3) is 3.01. The molecule has 0 N–H and O–H groups in total. The molecule has 0 saturated heterocycles. The Hall–Kier alpha value is -2.14. The largest absolute Gasteiger partial charge is 0.308 e. The van der Waals surface area contributed by atoms with E-state index in [-0.39, 0.29) is 10.8 Å². The molecule has 1 aliphatic heterocycles. The monoisotopic (exact) mass is 329 g/mol. The average Bonchev–Trinajstić information content (AvgIpc) is 2.54. The van der Waals surface area contributed by atoms with Crippen molar-refractivity contribution < 1.29 is 13.2 Å². The van der Waals surface area contributed by atoms with Crippen LogP contribution in [0.25, 0.3) is 0 Å². The van der Waals surface area contributed by atoms with Crippen molar-refractivity contribution in [1.29, 1.82) is 0 Å². The Morgan fingerprint density at radius 1 is 1.13 bits per heavy atom. The van der Waals surface area contributed by atoms with Crippen LogP contribution in [-0.4, -0.2) is 27.1 Å². The number of para-hydroxylation sites is 1. The van der Waals surface area contributed by atoms with Crippen LogP contribution in [0.1, 0.15) is 35.2 Å². The maximum absolute atomic E-state index is 12.9. The lowest BCUT2D eigenvalue weighted by Gasteiger charge is -2.33. The molecule has 1 heterocycles. The molecule has 0 aliphatic carbocycles. The Balaban J connectivity index is 2.01.